The van der Waals surface area contributed by atoms with Crippen LogP contribution in [0.4, 0.5) is 0 Å². The lowest BCUT2D eigenvalue weighted by atomic mass is 10.1. The summed E-state index contributed by atoms with van der Waals surface area (Å²) in [4.78, 5) is 20.4. The first-order chi connectivity index (χ1) is 14.5. The van der Waals surface area contributed by atoms with Crippen LogP contribution < -0.4 is 5.32 Å². The van der Waals surface area contributed by atoms with E-state index in [1.54, 1.807) is 6.92 Å². The molecule has 1 N–H and O–H groups in total. The van der Waals surface area contributed by atoms with Gasteiger partial charge in [-0.25, -0.2) is 0 Å². The Morgan fingerprint density at radius 2 is 1.50 bits per heavy atom. The van der Waals surface area contributed by atoms with Crippen molar-refractivity contribution in [3.63, 3.8) is 0 Å². The Hall–Kier alpha value is -1.52. The van der Waals surface area contributed by atoms with E-state index >= 15 is 0 Å². The number of hydrogen-bond acceptors (Lipinski definition) is 4. The highest BCUT2D eigenvalue weighted by Gasteiger charge is 1.97. The molecular weight excluding hydrogens is 374 g/mol. The number of ether oxygens (including phenoxy) is 1. The zero-order chi connectivity index (χ0) is 23.6. The Morgan fingerprint density at radius 3 is 1.97 bits per heavy atom. The lowest BCUT2D eigenvalue weighted by Gasteiger charge is -2.07. The largest absolute Gasteiger partial charge is 0.377 e. The molecule has 1 aromatic rings. The topological polar surface area (TPSA) is 55.4 Å². The van der Waals surface area contributed by atoms with Crippen molar-refractivity contribution in [2.45, 2.75) is 100 Å². The Morgan fingerprint density at radius 1 is 0.967 bits per heavy atom. The normalized spacial score (nSPS) is 9.37. The fourth-order valence-electron chi connectivity index (χ4n) is 2.33. The van der Waals surface area contributed by atoms with Crippen LogP contribution in [-0.2, 0) is 27.5 Å². The van der Waals surface area contributed by atoms with Crippen molar-refractivity contribution in [1.29, 1.82) is 0 Å². The number of benzene rings is 1. The van der Waals surface area contributed by atoms with E-state index in [1.165, 1.54) is 11.1 Å². The van der Waals surface area contributed by atoms with Gasteiger partial charge in [0.1, 0.15) is 12.1 Å². The molecule has 0 aliphatic rings. The first-order valence-corrected chi connectivity index (χ1v) is 11.7. The van der Waals surface area contributed by atoms with Crippen LogP contribution in [-0.4, -0.2) is 25.7 Å². The van der Waals surface area contributed by atoms with Crippen molar-refractivity contribution in [1.82, 2.24) is 5.32 Å². The summed E-state index contributed by atoms with van der Waals surface area (Å²) in [6.07, 6.45) is 6.42. The van der Waals surface area contributed by atoms with Gasteiger partial charge in [0, 0.05) is 26.0 Å². The molecule has 0 radical (unpaired) electrons. The van der Waals surface area contributed by atoms with Gasteiger partial charge in [0.25, 0.3) is 0 Å². The van der Waals surface area contributed by atoms with Gasteiger partial charge in [0.05, 0.1) is 6.61 Å². The van der Waals surface area contributed by atoms with Crippen molar-refractivity contribution in [2.75, 3.05) is 13.7 Å². The van der Waals surface area contributed by atoms with E-state index in [1.807, 2.05) is 34.7 Å². The monoisotopic (exact) mass is 423 g/mol. The molecule has 30 heavy (non-hydrogen) atoms. The highest BCUT2D eigenvalue weighted by atomic mass is 16.5. The Balaban J connectivity index is -0.000000431. The zero-order valence-corrected chi connectivity index (χ0v) is 21.1. The van der Waals surface area contributed by atoms with Gasteiger partial charge in [0.15, 0.2) is 0 Å². The van der Waals surface area contributed by atoms with Crippen molar-refractivity contribution in [3.05, 3.63) is 35.4 Å². The minimum Gasteiger partial charge on any atom is -0.377 e. The van der Waals surface area contributed by atoms with E-state index in [9.17, 15) is 9.59 Å². The third-order valence-electron chi connectivity index (χ3n) is 3.72. The molecular formula is C26H49NO3. The molecule has 1 rings (SSSR count). The molecule has 4 heteroatoms. The fraction of sp³-hybridized carbons (Fsp3) is 0.692. The average Bonchev–Trinajstić information content (AvgIpc) is 2.75. The van der Waals surface area contributed by atoms with Crippen molar-refractivity contribution in [3.8, 4) is 0 Å². The predicted molar refractivity (Wildman–Crippen MR) is 131 cm³/mol. The summed E-state index contributed by atoms with van der Waals surface area (Å²) >= 11 is 0. The highest BCUT2D eigenvalue weighted by Crippen LogP contribution is 2.06. The number of hydrogen-bond donors (Lipinski definition) is 1. The molecule has 0 aliphatic heterocycles. The van der Waals surface area contributed by atoms with Crippen molar-refractivity contribution < 1.29 is 14.3 Å². The molecule has 1 aromatic carbocycles. The lowest BCUT2D eigenvalue weighted by Crippen LogP contribution is -2.05. The van der Waals surface area contributed by atoms with Crippen LogP contribution in [0.15, 0.2) is 24.3 Å². The van der Waals surface area contributed by atoms with Crippen LogP contribution in [0.3, 0.4) is 0 Å². The van der Waals surface area contributed by atoms with Gasteiger partial charge >= 0.3 is 0 Å². The maximum absolute atomic E-state index is 10.5. The summed E-state index contributed by atoms with van der Waals surface area (Å²) in [7, 11) is 1.96. The summed E-state index contributed by atoms with van der Waals surface area (Å²) in [6, 6.07) is 8.55. The van der Waals surface area contributed by atoms with Gasteiger partial charge in [-0.1, -0.05) is 78.6 Å². The second-order valence-electron chi connectivity index (χ2n) is 7.08. The van der Waals surface area contributed by atoms with Gasteiger partial charge in [-0.15, -0.1) is 0 Å². The molecule has 0 unspecified atom stereocenters. The Kier molecular flexibility index (Phi) is 30.3. The van der Waals surface area contributed by atoms with E-state index in [4.69, 9.17) is 4.74 Å². The van der Waals surface area contributed by atoms with Crippen LogP contribution in [0.1, 0.15) is 98.1 Å². The Labute approximate surface area is 187 Å². The maximum Gasteiger partial charge on any atom is 0.129 e. The number of aldehydes is 1. The third kappa shape index (κ3) is 26.5. The van der Waals surface area contributed by atoms with Gasteiger partial charge in [-0.2, -0.15) is 0 Å². The van der Waals surface area contributed by atoms with Crippen LogP contribution in [0.2, 0.25) is 0 Å². The molecule has 0 amide bonds. The minimum absolute atomic E-state index is 0.264. The van der Waals surface area contributed by atoms with Crippen molar-refractivity contribution >= 4 is 12.1 Å². The highest BCUT2D eigenvalue weighted by molar-refractivity contribution is 5.75. The van der Waals surface area contributed by atoms with E-state index < -0.39 is 0 Å². The molecule has 4 nitrogen and oxygen atoms in total. The van der Waals surface area contributed by atoms with Gasteiger partial charge in [0.2, 0.25) is 0 Å². The molecule has 0 atom stereocenters. The third-order valence-corrected chi connectivity index (χ3v) is 3.72. The van der Waals surface area contributed by atoms with E-state index in [2.05, 4.69) is 43.4 Å². The molecule has 0 aromatic heterocycles. The number of nitrogens with one attached hydrogen (secondary N) is 1. The molecule has 0 fully saturated rings. The van der Waals surface area contributed by atoms with Crippen LogP contribution in [0.5, 0.6) is 0 Å². The van der Waals surface area contributed by atoms with Crippen LogP contribution >= 0.6 is 0 Å². The number of rotatable bonds is 13. The summed E-state index contributed by atoms with van der Waals surface area (Å²) in [6.45, 7) is 16.4. The maximum atomic E-state index is 10.5. The smallest absolute Gasteiger partial charge is 0.129 e. The fourth-order valence-corrected chi connectivity index (χ4v) is 2.33. The number of ketones is 1. The minimum atomic E-state index is 0.264. The van der Waals surface area contributed by atoms with Gasteiger partial charge in [-0.05, 0) is 43.9 Å². The summed E-state index contributed by atoms with van der Waals surface area (Å²) < 4.78 is 5.57. The van der Waals surface area contributed by atoms with E-state index in [0.717, 1.165) is 51.7 Å². The quantitative estimate of drug-likeness (QED) is 0.282. The molecule has 0 saturated carbocycles. The van der Waals surface area contributed by atoms with E-state index in [-0.39, 0.29) is 5.78 Å². The molecule has 0 aliphatic carbocycles. The summed E-state index contributed by atoms with van der Waals surface area (Å²) in [5.74, 6) is 0.869. The molecule has 0 saturated heterocycles. The predicted octanol–water partition coefficient (Wildman–Crippen LogP) is 6.75. The lowest BCUT2D eigenvalue weighted by molar-refractivity contribution is -0.117. The SMILES string of the molecule is CC.CC.CC(=O)CCCCCCC=O.CNCc1ccc(COCC(C)C)cc1. The zero-order valence-electron chi connectivity index (χ0n) is 21.1. The van der Waals surface area contributed by atoms with Crippen LogP contribution in [0.25, 0.3) is 0 Å². The molecule has 176 valence electrons. The first-order valence-electron chi connectivity index (χ1n) is 11.7. The number of unbranched alkanes of at least 4 members (excludes halogenated alkanes) is 4. The molecule has 0 bridgehead atoms. The Bertz CT molecular complexity index is 470. The second kappa shape index (κ2) is 27.5. The van der Waals surface area contributed by atoms with Crippen molar-refractivity contribution in [2.24, 2.45) is 5.92 Å². The summed E-state index contributed by atoms with van der Waals surface area (Å²) in [5.41, 5.74) is 2.56. The average molecular weight is 424 g/mol. The number of Topliss-reactive ketones (excluding diaryl/α,β-unsaturated/α-hetero) is 1. The van der Waals surface area contributed by atoms with E-state index in [0.29, 0.717) is 18.8 Å². The van der Waals surface area contributed by atoms with Crippen LogP contribution in [0, 0.1) is 5.92 Å². The van der Waals surface area contributed by atoms with Gasteiger partial charge < -0.3 is 19.6 Å². The number of carbonyl (C=O) groups excluding carboxylic acids is 2. The second-order valence-corrected chi connectivity index (χ2v) is 7.08. The standard InChI is InChI=1S/C13H21NO.C9H16O2.2C2H6/c1-11(2)9-15-10-13-6-4-12(5-7-13)8-14-3;1-9(11)7-5-3-2-4-6-8-10;2*1-2/h4-7,11,14H,8-10H2,1-3H3;8H,2-7H2,1H3;2*1-2H3. The van der Waals surface area contributed by atoms with Gasteiger partial charge in [-0.3, -0.25) is 0 Å². The molecule has 0 spiro atoms. The molecule has 0 heterocycles. The number of carbonyl (C=O) groups is 2. The first kappa shape index (κ1) is 33.1. The summed E-state index contributed by atoms with van der Waals surface area (Å²) in [5, 5.41) is 3.13.